The Balaban J connectivity index is 1.32. The molecule has 1 aliphatic heterocycles. The molecule has 1 aromatic carbocycles. The molecule has 0 aliphatic carbocycles. The summed E-state index contributed by atoms with van der Waals surface area (Å²) in [6.07, 6.45) is 7.36. The van der Waals surface area contributed by atoms with Gasteiger partial charge in [-0.3, -0.25) is 4.79 Å². The van der Waals surface area contributed by atoms with Crippen molar-refractivity contribution in [2.75, 3.05) is 30.9 Å². The third-order valence-electron chi connectivity index (χ3n) is 4.76. The van der Waals surface area contributed by atoms with E-state index in [9.17, 15) is 13.2 Å². The number of nitrogens with one attached hydrogen (secondary N) is 1. The molecular weight excluding hydrogens is 392 g/mol. The Morgan fingerprint density at radius 2 is 1.83 bits per heavy atom. The van der Waals surface area contributed by atoms with Crippen LogP contribution in [-0.4, -0.2) is 56.3 Å². The first-order valence-corrected chi connectivity index (χ1v) is 11.6. The molecule has 0 spiro atoms. The van der Waals surface area contributed by atoms with Crippen LogP contribution in [0.1, 0.15) is 25.7 Å². The van der Waals surface area contributed by atoms with E-state index in [1.165, 1.54) is 18.4 Å². The first-order valence-electron chi connectivity index (χ1n) is 9.66. The van der Waals surface area contributed by atoms with Gasteiger partial charge in [0.2, 0.25) is 11.9 Å². The maximum absolute atomic E-state index is 12.2. The second-order valence-corrected chi connectivity index (χ2v) is 9.09. The molecule has 8 nitrogen and oxygen atoms in total. The van der Waals surface area contributed by atoms with Crippen LogP contribution in [0.4, 0.5) is 5.95 Å². The molecule has 0 saturated carbocycles. The summed E-state index contributed by atoms with van der Waals surface area (Å²) in [5, 5.41) is 3.08. The lowest BCUT2D eigenvalue weighted by atomic mass is 10.1. The molecular formula is C20H26N4O4S. The van der Waals surface area contributed by atoms with Crippen molar-refractivity contribution in [1.82, 2.24) is 15.3 Å². The minimum absolute atomic E-state index is 0.0236. The number of hydrogen-bond donors (Lipinski definition) is 1. The Kier molecular flexibility index (Phi) is 7.03. The van der Waals surface area contributed by atoms with Crippen molar-refractivity contribution in [2.24, 2.45) is 0 Å². The SMILES string of the molecule is CS(=O)(=O)c1ccc(OCCCC(=O)NC2CCN(c3ncccn3)CC2)cc1. The molecule has 2 heterocycles. The Bertz CT molecular complexity index is 896. The van der Waals surface area contributed by atoms with E-state index in [-0.39, 0.29) is 16.8 Å². The summed E-state index contributed by atoms with van der Waals surface area (Å²) in [5.41, 5.74) is 0. The van der Waals surface area contributed by atoms with Crippen LogP contribution in [0.5, 0.6) is 5.75 Å². The molecule has 0 unspecified atom stereocenters. The van der Waals surface area contributed by atoms with Crippen molar-refractivity contribution in [3.05, 3.63) is 42.7 Å². The van der Waals surface area contributed by atoms with E-state index in [1.807, 2.05) is 0 Å². The molecule has 3 rings (SSSR count). The van der Waals surface area contributed by atoms with Crippen molar-refractivity contribution in [3.8, 4) is 5.75 Å². The van der Waals surface area contributed by atoms with Crippen molar-refractivity contribution in [3.63, 3.8) is 0 Å². The van der Waals surface area contributed by atoms with Crippen molar-refractivity contribution < 1.29 is 17.9 Å². The molecule has 1 N–H and O–H groups in total. The van der Waals surface area contributed by atoms with Gasteiger partial charge in [0.25, 0.3) is 0 Å². The Morgan fingerprint density at radius 3 is 2.45 bits per heavy atom. The van der Waals surface area contributed by atoms with Gasteiger partial charge >= 0.3 is 0 Å². The molecule has 0 atom stereocenters. The smallest absolute Gasteiger partial charge is 0.225 e. The van der Waals surface area contributed by atoms with E-state index < -0.39 is 9.84 Å². The number of piperidine rings is 1. The summed E-state index contributed by atoms with van der Waals surface area (Å²) in [6, 6.07) is 8.26. The summed E-state index contributed by atoms with van der Waals surface area (Å²) in [4.78, 5) is 23.1. The molecule has 1 amide bonds. The summed E-state index contributed by atoms with van der Waals surface area (Å²) in [5.74, 6) is 1.35. The van der Waals surface area contributed by atoms with Gasteiger partial charge in [-0.2, -0.15) is 0 Å². The molecule has 156 valence electrons. The van der Waals surface area contributed by atoms with Gasteiger partial charge in [-0.15, -0.1) is 0 Å². The van der Waals surface area contributed by atoms with Crippen LogP contribution in [0.15, 0.2) is 47.6 Å². The number of rotatable bonds is 8. The number of sulfone groups is 1. The highest BCUT2D eigenvalue weighted by Gasteiger charge is 2.21. The minimum Gasteiger partial charge on any atom is -0.494 e. The third-order valence-corrected chi connectivity index (χ3v) is 5.89. The van der Waals surface area contributed by atoms with E-state index in [1.54, 1.807) is 30.6 Å². The van der Waals surface area contributed by atoms with E-state index in [0.29, 0.717) is 25.2 Å². The highest BCUT2D eigenvalue weighted by atomic mass is 32.2. The summed E-state index contributed by atoms with van der Waals surface area (Å²) >= 11 is 0. The Labute approximate surface area is 171 Å². The van der Waals surface area contributed by atoms with Crippen LogP contribution in [0, 0.1) is 0 Å². The number of nitrogens with zero attached hydrogens (tertiary/aromatic N) is 3. The molecule has 1 fully saturated rings. The van der Waals surface area contributed by atoms with E-state index >= 15 is 0 Å². The second-order valence-electron chi connectivity index (χ2n) is 7.07. The summed E-state index contributed by atoms with van der Waals surface area (Å²) in [6.45, 7) is 2.04. The largest absolute Gasteiger partial charge is 0.494 e. The van der Waals surface area contributed by atoms with Crippen molar-refractivity contribution in [1.29, 1.82) is 0 Å². The molecule has 1 saturated heterocycles. The van der Waals surface area contributed by atoms with Crippen LogP contribution in [0.25, 0.3) is 0 Å². The van der Waals surface area contributed by atoms with Crippen LogP contribution in [0.2, 0.25) is 0 Å². The third kappa shape index (κ3) is 6.42. The van der Waals surface area contributed by atoms with Gasteiger partial charge in [0.1, 0.15) is 5.75 Å². The fourth-order valence-electron chi connectivity index (χ4n) is 3.18. The molecule has 1 aliphatic rings. The maximum Gasteiger partial charge on any atom is 0.225 e. The zero-order valence-electron chi connectivity index (χ0n) is 16.5. The monoisotopic (exact) mass is 418 g/mol. The fourth-order valence-corrected chi connectivity index (χ4v) is 3.81. The average molecular weight is 419 g/mol. The summed E-state index contributed by atoms with van der Waals surface area (Å²) in [7, 11) is -3.21. The van der Waals surface area contributed by atoms with Gasteiger partial charge in [0, 0.05) is 44.2 Å². The number of aromatic nitrogens is 2. The zero-order chi connectivity index (χ0) is 20.7. The predicted octanol–water partition coefficient (Wildman–Crippen LogP) is 1.82. The number of amides is 1. The molecule has 0 radical (unpaired) electrons. The highest BCUT2D eigenvalue weighted by Crippen LogP contribution is 2.17. The van der Waals surface area contributed by atoms with Gasteiger partial charge in [-0.1, -0.05) is 0 Å². The quantitative estimate of drug-likeness (QED) is 0.653. The molecule has 9 heteroatoms. The highest BCUT2D eigenvalue weighted by molar-refractivity contribution is 7.90. The lowest BCUT2D eigenvalue weighted by Gasteiger charge is -2.32. The Morgan fingerprint density at radius 1 is 1.17 bits per heavy atom. The number of carbonyl (C=O) groups is 1. The first kappa shape index (κ1) is 21.0. The molecule has 0 bridgehead atoms. The number of benzene rings is 1. The molecule has 1 aromatic heterocycles. The molecule has 29 heavy (non-hydrogen) atoms. The van der Waals surface area contributed by atoms with E-state index in [2.05, 4.69) is 20.2 Å². The standard InChI is InChI=1S/C20H26N4O4S/c1-29(26,27)18-7-5-17(6-8-18)28-15-2-4-19(25)23-16-9-13-24(14-10-16)20-21-11-3-12-22-20/h3,5-8,11-12,16H,2,4,9-10,13-15H2,1H3,(H,23,25). The van der Waals surface area contributed by atoms with Gasteiger partial charge in [-0.25, -0.2) is 18.4 Å². The predicted molar refractivity (Wildman–Crippen MR) is 110 cm³/mol. The maximum atomic E-state index is 12.2. The van der Waals surface area contributed by atoms with Gasteiger partial charge < -0.3 is 15.0 Å². The van der Waals surface area contributed by atoms with E-state index in [0.717, 1.165) is 31.9 Å². The van der Waals surface area contributed by atoms with Crippen LogP contribution in [-0.2, 0) is 14.6 Å². The van der Waals surface area contributed by atoms with Gasteiger partial charge in [0.15, 0.2) is 9.84 Å². The number of anilines is 1. The minimum atomic E-state index is -3.21. The van der Waals surface area contributed by atoms with Crippen LogP contribution >= 0.6 is 0 Å². The van der Waals surface area contributed by atoms with E-state index in [4.69, 9.17) is 4.74 Å². The number of ether oxygens (including phenoxy) is 1. The van der Waals surface area contributed by atoms with Gasteiger partial charge in [-0.05, 0) is 49.6 Å². The zero-order valence-corrected chi connectivity index (χ0v) is 17.3. The first-order chi connectivity index (χ1) is 13.9. The number of carbonyl (C=O) groups excluding carboxylic acids is 1. The van der Waals surface area contributed by atoms with Crippen LogP contribution in [0.3, 0.4) is 0 Å². The number of hydrogen-bond acceptors (Lipinski definition) is 7. The van der Waals surface area contributed by atoms with Crippen molar-refractivity contribution in [2.45, 2.75) is 36.6 Å². The second kappa shape index (κ2) is 9.69. The topological polar surface area (TPSA) is 101 Å². The van der Waals surface area contributed by atoms with Gasteiger partial charge in [0.05, 0.1) is 11.5 Å². The summed E-state index contributed by atoms with van der Waals surface area (Å²) < 4.78 is 28.5. The lowest BCUT2D eigenvalue weighted by Crippen LogP contribution is -2.45. The van der Waals surface area contributed by atoms with Crippen molar-refractivity contribution >= 4 is 21.7 Å². The average Bonchev–Trinajstić information content (AvgIpc) is 2.72. The Hall–Kier alpha value is -2.68. The normalized spacial score (nSPS) is 15.1. The van der Waals surface area contributed by atoms with Crippen LogP contribution < -0.4 is 15.0 Å². The molecule has 2 aromatic rings. The lowest BCUT2D eigenvalue weighted by molar-refractivity contribution is -0.122. The fraction of sp³-hybridized carbons (Fsp3) is 0.450.